The molecule has 0 N–H and O–H groups in total. The zero-order valence-corrected chi connectivity index (χ0v) is 11.9. The number of benzene rings is 2. The molecule has 1 aliphatic heterocycles. The lowest BCUT2D eigenvalue weighted by Crippen LogP contribution is -2.24. The third-order valence-corrected chi connectivity index (χ3v) is 3.95. The van der Waals surface area contributed by atoms with Gasteiger partial charge in [0.05, 0.1) is 5.56 Å². The van der Waals surface area contributed by atoms with Crippen LogP contribution in [0.15, 0.2) is 48.5 Å². The summed E-state index contributed by atoms with van der Waals surface area (Å²) < 4.78 is 43.1. The lowest BCUT2D eigenvalue weighted by Gasteiger charge is -2.28. The smallest absolute Gasteiger partial charge is 0.416 e. The maximum atomic E-state index is 12.6. The molecule has 0 radical (unpaired) electrons. The van der Waals surface area contributed by atoms with Gasteiger partial charge in [-0.15, -0.1) is 11.6 Å². The number of esters is 1. The molecule has 1 heterocycles. The summed E-state index contributed by atoms with van der Waals surface area (Å²) in [4.78, 5) is 11.8. The largest absolute Gasteiger partial charge is 0.451 e. The number of cyclic esters (lactones) is 1. The summed E-state index contributed by atoms with van der Waals surface area (Å²) in [6.07, 6.45) is -5.15. The van der Waals surface area contributed by atoms with Gasteiger partial charge in [-0.3, -0.25) is 4.79 Å². The van der Waals surface area contributed by atoms with Crippen molar-refractivity contribution in [2.75, 3.05) is 0 Å². The van der Waals surface area contributed by atoms with Crippen molar-refractivity contribution < 1.29 is 22.7 Å². The van der Waals surface area contributed by atoms with Gasteiger partial charge in [-0.1, -0.05) is 36.4 Å². The van der Waals surface area contributed by atoms with Crippen LogP contribution in [0.1, 0.15) is 33.7 Å². The Bertz CT molecular complexity index is 710. The third kappa shape index (κ3) is 2.57. The maximum Gasteiger partial charge on any atom is 0.416 e. The standard InChI is InChI=1S/C16H10ClF3O2/c17-13-11-3-1-2-4-12(11)14(22-15(13)21)9-5-7-10(8-6-9)16(18,19)20/h1-8,13-14H. The average Bonchev–Trinajstić information content (AvgIpc) is 2.50. The van der Waals surface area contributed by atoms with Crippen molar-refractivity contribution in [1.29, 1.82) is 0 Å². The van der Waals surface area contributed by atoms with E-state index in [2.05, 4.69) is 0 Å². The Hall–Kier alpha value is -2.01. The molecule has 0 spiro atoms. The lowest BCUT2D eigenvalue weighted by molar-refractivity contribution is -0.149. The normalized spacial score (nSPS) is 21.2. The predicted molar refractivity (Wildman–Crippen MR) is 74.4 cm³/mol. The van der Waals surface area contributed by atoms with Crippen LogP contribution in [0.4, 0.5) is 13.2 Å². The van der Waals surface area contributed by atoms with Gasteiger partial charge in [-0.05, 0) is 23.3 Å². The van der Waals surface area contributed by atoms with Gasteiger partial charge in [0.15, 0.2) is 11.5 Å². The van der Waals surface area contributed by atoms with E-state index in [0.717, 1.165) is 12.1 Å². The summed E-state index contributed by atoms with van der Waals surface area (Å²) in [5.41, 5.74) is 1.02. The second-order valence-electron chi connectivity index (χ2n) is 4.93. The van der Waals surface area contributed by atoms with Crippen molar-refractivity contribution in [2.45, 2.75) is 17.7 Å². The lowest BCUT2D eigenvalue weighted by atomic mass is 9.92. The zero-order valence-electron chi connectivity index (χ0n) is 11.1. The highest BCUT2D eigenvalue weighted by Gasteiger charge is 2.35. The zero-order chi connectivity index (χ0) is 15.9. The van der Waals surface area contributed by atoms with Gasteiger partial charge in [-0.2, -0.15) is 13.2 Å². The number of carbonyl (C=O) groups excluding carboxylic acids is 1. The van der Waals surface area contributed by atoms with Crippen molar-refractivity contribution >= 4 is 17.6 Å². The van der Waals surface area contributed by atoms with Crippen molar-refractivity contribution in [3.63, 3.8) is 0 Å². The van der Waals surface area contributed by atoms with Crippen molar-refractivity contribution in [3.8, 4) is 0 Å². The fourth-order valence-electron chi connectivity index (χ4n) is 2.44. The van der Waals surface area contributed by atoms with Crippen LogP contribution >= 0.6 is 11.6 Å². The van der Waals surface area contributed by atoms with Crippen LogP contribution < -0.4 is 0 Å². The van der Waals surface area contributed by atoms with Crippen LogP contribution in [-0.2, 0) is 15.7 Å². The molecule has 2 aromatic carbocycles. The molecule has 0 bridgehead atoms. The van der Waals surface area contributed by atoms with Crippen LogP contribution in [0.2, 0.25) is 0 Å². The van der Waals surface area contributed by atoms with Gasteiger partial charge in [0, 0.05) is 5.56 Å². The second kappa shape index (κ2) is 5.32. The number of fused-ring (bicyclic) bond motifs is 1. The molecular weight excluding hydrogens is 317 g/mol. The summed E-state index contributed by atoms with van der Waals surface area (Å²) in [6.45, 7) is 0. The molecule has 114 valence electrons. The molecule has 0 saturated heterocycles. The molecule has 2 nitrogen and oxygen atoms in total. The van der Waals surface area contributed by atoms with E-state index in [0.29, 0.717) is 16.7 Å². The van der Waals surface area contributed by atoms with Crippen LogP contribution in [0.5, 0.6) is 0 Å². The summed E-state index contributed by atoms with van der Waals surface area (Å²) >= 11 is 6.01. The molecule has 0 saturated carbocycles. The van der Waals surface area contributed by atoms with Gasteiger partial charge in [0.2, 0.25) is 0 Å². The van der Waals surface area contributed by atoms with E-state index in [1.165, 1.54) is 12.1 Å². The SMILES string of the molecule is O=C1OC(c2ccc(C(F)(F)F)cc2)c2ccccc2C1Cl. The van der Waals surface area contributed by atoms with Gasteiger partial charge in [0.25, 0.3) is 0 Å². The van der Waals surface area contributed by atoms with E-state index >= 15 is 0 Å². The highest BCUT2D eigenvalue weighted by molar-refractivity contribution is 6.30. The first-order valence-electron chi connectivity index (χ1n) is 6.48. The van der Waals surface area contributed by atoms with Gasteiger partial charge < -0.3 is 4.74 Å². The third-order valence-electron chi connectivity index (χ3n) is 3.53. The molecule has 0 aromatic heterocycles. The van der Waals surface area contributed by atoms with Gasteiger partial charge >= 0.3 is 12.1 Å². The monoisotopic (exact) mass is 326 g/mol. The topological polar surface area (TPSA) is 26.3 Å². The Labute approximate surface area is 129 Å². The van der Waals surface area contributed by atoms with Gasteiger partial charge in [-0.25, -0.2) is 0 Å². The van der Waals surface area contributed by atoms with Crippen molar-refractivity contribution in [3.05, 3.63) is 70.8 Å². The Balaban J connectivity index is 2.02. The predicted octanol–water partition coefficient (Wildman–Crippen LogP) is 4.63. The molecule has 0 amide bonds. The second-order valence-corrected chi connectivity index (χ2v) is 5.36. The quantitative estimate of drug-likeness (QED) is 0.564. The van der Waals surface area contributed by atoms with Crippen LogP contribution in [-0.4, -0.2) is 5.97 Å². The number of hydrogen-bond donors (Lipinski definition) is 0. The Kier molecular flexibility index (Phi) is 3.60. The molecule has 3 rings (SSSR count). The van der Waals surface area contributed by atoms with Crippen LogP contribution in [0.3, 0.4) is 0 Å². The number of halogens is 4. The van der Waals surface area contributed by atoms with Crippen molar-refractivity contribution in [1.82, 2.24) is 0 Å². The van der Waals surface area contributed by atoms with E-state index in [4.69, 9.17) is 16.3 Å². The molecule has 0 fully saturated rings. The van der Waals surface area contributed by atoms with E-state index in [-0.39, 0.29) is 0 Å². The minimum atomic E-state index is -4.40. The molecule has 2 atom stereocenters. The maximum absolute atomic E-state index is 12.6. The summed E-state index contributed by atoms with van der Waals surface area (Å²) in [7, 11) is 0. The van der Waals surface area contributed by atoms with E-state index in [9.17, 15) is 18.0 Å². The average molecular weight is 327 g/mol. The summed E-state index contributed by atoms with van der Waals surface area (Å²) in [6, 6.07) is 11.5. The Morgan fingerprint density at radius 2 is 1.55 bits per heavy atom. The minimum Gasteiger partial charge on any atom is -0.451 e. The highest BCUT2D eigenvalue weighted by atomic mass is 35.5. The van der Waals surface area contributed by atoms with E-state index in [1.54, 1.807) is 24.3 Å². The number of rotatable bonds is 1. The van der Waals surface area contributed by atoms with Crippen LogP contribution in [0.25, 0.3) is 0 Å². The molecule has 2 unspecified atom stereocenters. The number of ether oxygens (including phenoxy) is 1. The molecule has 22 heavy (non-hydrogen) atoms. The number of hydrogen-bond acceptors (Lipinski definition) is 2. The molecular formula is C16H10ClF3O2. The molecule has 6 heteroatoms. The Morgan fingerprint density at radius 3 is 2.14 bits per heavy atom. The van der Waals surface area contributed by atoms with Crippen molar-refractivity contribution in [2.24, 2.45) is 0 Å². The molecule has 0 aliphatic carbocycles. The van der Waals surface area contributed by atoms with Crippen LogP contribution in [0, 0.1) is 0 Å². The first-order valence-corrected chi connectivity index (χ1v) is 6.92. The first-order chi connectivity index (χ1) is 10.4. The number of alkyl halides is 4. The summed E-state index contributed by atoms with van der Waals surface area (Å²) in [5.74, 6) is -0.606. The van der Waals surface area contributed by atoms with E-state index in [1.807, 2.05) is 0 Å². The summed E-state index contributed by atoms with van der Waals surface area (Å²) in [5, 5.41) is -0.901. The number of carbonyl (C=O) groups is 1. The fourth-order valence-corrected chi connectivity index (χ4v) is 2.69. The van der Waals surface area contributed by atoms with Gasteiger partial charge in [0.1, 0.15) is 0 Å². The molecule has 2 aromatic rings. The first kappa shape index (κ1) is 14.9. The highest BCUT2D eigenvalue weighted by Crippen LogP contribution is 2.40. The Morgan fingerprint density at radius 1 is 0.955 bits per heavy atom. The minimum absolute atomic E-state index is 0.470. The van der Waals surface area contributed by atoms with E-state index < -0.39 is 29.2 Å². The molecule has 1 aliphatic rings. The fraction of sp³-hybridized carbons (Fsp3) is 0.188.